The number of likely N-dealkylation sites (tertiary alicyclic amines) is 2. The molecular weight excluding hydrogens is 384 g/mol. The smallest absolute Gasteiger partial charge is 0.240 e. The lowest BCUT2D eigenvalue weighted by Crippen LogP contribution is -2.51. The number of piperidine rings is 2. The molecule has 0 aliphatic carbocycles. The van der Waals surface area contributed by atoms with Crippen molar-refractivity contribution in [3.8, 4) is 0 Å². The van der Waals surface area contributed by atoms with E-state index in [1.807, 2.05) is 6.07 Å². The van der Waals surface area contributed by atoms with Crippen molar-refractivity contribution in [2.45, 2.75) is 45.2 Å². The summed E-state index contributed by atoms with van der Waals surface area (Å²) in [6.45, 7) is 6.49. The van der Waals surface area contributed by atoms with Crippen LogP contribution in [0.4, 0.5) is 0 Å². The maximum absolute atomic E-state index is 5.60. The summed E-state index contributed by atoms with van der Waals surface area (Å²) in [5, 5.41) is 4.22. The third-order valence-corrected chi connectivity index (χ3v) is 6.80. The molecule has 1 atom stereocenters. The van der Waals surface area contributed by atoms with Gasteiger partial charge in [-0.15, -0.1) is 0 Å². The van der Waals surface area contributed by atoms with Crippen LogP contribution >= 0.6 is 0 Å². The minimum Gasteiger partial charge on any atom is -0.338 e. The SMILES string of the molecule is c1ccc(Cc2noc(CN3CCC[C@]4(CCCN(Cc5ccccc5)C4)C3)n2)cc1. The van der Waals surface area contributed by atoms with Crippen LogP contribution in [0.15, 0.2) is 65.2 Å². The second-order valence-corrected chi connectivity index (χ2v) is 9.38. The van der Waals surface area contributed by atoms with Gasteiger partial charge in [0.1, 0.15) is 0 Å². The first-order valence-electron chi connectivity index (χ1n) is 11.6. The van der Waals surface area contributed by atoms with Gasteiger partial charge < -0.3 is 4.52 Å². The summed E-state index contributed by atoms with van der Waals surface area (Å²) in [4.78, 5) is 9.87. The molecule has 0 bridgehead atoms. The minimum absolute atomic E-state index is 0.401. The molecule has 0 N–H and O–H groups in total. The highest BCUT2D eigenvalue weighted by Gasteiger charge is 2.39. The van der Waals surface area contributed by atoms with Gasteiger partial charge in [0.05, 0.1) is 6.54 Å². The summed E-state index contributed by atoms with van der Waals surface area (Å²) in [5.74, 6) is 1.53. The fourth-order valence-electron chi connectivity index (χ4n) is 5.46. The Hall–Kier alpha value is -2.50. The number of hydrogen-bond donors (Lipinski definition) is 0. The Balaban J connectivity index is 1.19. The van der Waals surface area contributed by atoms with Crippen molar-refractivity contribution < 1.29 is 4.52 Å². The lowest BCUT2D eigenvalue weighted by atomic mass is 9.73. The summed E-state index contributed by atoms with van der Waals surface area (Å²) in [6, 6.07) is 21.2. The molecule has 2 aliphatic heterocycles. The topological polar surface area (TPSA) is 45.4 Å². The number of nitrogens with zero attached hydrogens (tertiary/aromatic N) is 4. The third kappa shape index (κ3) is 5.23. The highest BCUT2D eigenvalue weighted by atomic mass is 16.5. The zero-order valence-corrected chi connectivity index (χ0v) is 18.2. The van der Waals surface area contributed by atoms with Gasteiger partial charge in [-0.05, 0) is 55.3 Å². The van der Waals surface area contributed by atoms with Gasteiger partial charge >= 0.3 is 0 Å². The van der Waals surface area contributed by atoms with Crippen molar-refractivity contribution in [2.24, 2.45) is 5.41 Å². The predicted molar refractivity (Wildman–Crippen MR) is 121 cm³/mol. The normalized spacial score (nSPS) is 22.7. The molecule has 1 aromatic heterocycles. The molecule has 0 unspecified atom stereocenters. The van der Waals surface area contributed by atoms with E-state index in [0.29, 0.717) is 5.41 Å². The van der Waals surface area contributed by atoms with E-state index in [1.165, 1.54) is 49.9 Å². The summed E-state index contributed by atoms with van der Waals surface area (Å²) < 4.78 is 5.60. The van der Waals surface area contributed by atoms with Crippen molar-refractivity contribution in [1.82, 2.24) is 19.9 Å². The number of hydrogen-bond acceptors (Lipinski definition) is 5. The van der Waals surface area contributed by atoms with Crippen LogP contribution in [0.1, 0.15) is 48.5 Å². The maximum atomic E-state index is 5.60. The van der Waals surface area contributed by atoms with Crippen molar-refractivity contribution in [2.75, 3.05) is 26.2 Å². The van der Waals surface area contributed by atoms with E-state index in [4.69, 9.17) is 4.52 Å². The molecule has 5 rings (SSSR count). The van der Waals surface area contributed by atoms with Crippen molar-refractivity contribution >= 4 is 0 Å². The zero-order chi connectivity index (χ0) is 20.9. The quantitative estimate of drug-likeness (QED) is 0.590. The molecule has 2 aliphatic rings. The summed E-state index contributed by atoms with van der Waals surface area (Å²) in [5.41, 5.74) is 3.04. The standard InChI is InChI=1S/C26H32N4O/c1-3-9-22(10-4-1)17-24-27-25(31-28-24)19-30-16-8-14-26(21-30)13-7-15-29(20-26)18-23-11-5-2-6-12-23/h1-6,9-12H,7-8,13-21H2/t26-/m0/s1. The van der Waals surface area contributed by atoms with Gasteiger partial charge in [0.2, 0.25) is 5.89 Å². The molecule has 0 amide bonds. The molecule has 162 valence electrons. The fraction of sp³-hybridized carbons (Fsp3) is 0.462. The monoisotopic (exact) mass is 416 g/mol. The number of benzene rings is 2. The largest absolute Gasteiger partial charge is 0.338 e. The predicted octanol–water partition coefficient (Wildman–Crippen LogP) is 4.54. The molecule has 2 saturated heterocycles. The van der Waals surface area contributed by atoms with Crippen LogP contribution in [0.3, 0.4) is 0 Å². The van der Waals surface area contributed by atoms with Gasteiger partial charge in [-0.1, -0.05) is 65.8 Å². The van der Waals surface area contributed by atoms with Gasteiger partial charge in [0, 0.05) is 26.1 Å². The Kier molecular flexibility index (Phi) is 6.14. The van der Waals surface area contributed by atoms with Gasteiger partial charge in [-0.2, -0.15) is 4.98 Å². The van der Waals surface area contributed by atoms with Crippen molar-refractivity contribution in [3.05, 3.63) is 83.5 Å². The molecule has 5 nitrogen and oxygen atoms in total. The van der Waals surface area contributed by atoms with Crippen LogP contribution in [0.25, 0.3) is 0 Å². The van der Waals surface area contributed by atoms with Gasteiger partial charge in [-0.3, -0.25) is 9.80 Å². The Morgan fingerprint density at radius 2 is 1.39 bits per heavy atom. The van der Waals surface area contributed by atoms with Gasteiger partial charge in [0.25, 0.3) is 0 Å². The molecule has 31 heavy (non-hydrogen) atoms. The first-order chi connectivity index (χ1) is 15.3. The lowest BCUT2D eigenvalue weighted by molar-refractivity contribution is 0.00462. The molecule has 3 heterocycles. The molecule has 0 saturated carbocycles. The van der Waals surface area contributed by atoms with E-state index in [-0.39, 0.29) is 0 Å². The molecule has 3 aromatic rings. The van der Waals surface area contributed by atoms with Crippen molar-refractivity contribution in [1.29, 1.82) is 0 Å². The summed E-state index contributed by atoms with van der Waals surface area (Å²) in [6.07, 6.45) is 5.94. The zero-order valence-electron chi connectivity index (χ0n) is 18.2. The minimum atomic E-state index is 0.401. The van der Waals surface area contributed by atoms with E-state index in [2.05, 4.69) is 74.5 Å². The second kappa shape index (κ2) is 9.33. The Bertz CT molecular complexity index is 954. The Morgan fingerprint density at radius 3 is 2.06 bits per heavy atom. The van der Waals surface area contributed by atoms with Crippen LogP contribution in [0.2, 0.25) is 0 Å². The van der Waals surface area contributed by atoms with Crippen LogP contribution in [0, 0.1) is 5.41 Å². The maximum Gasteiger partial charge on any atom is 0.240 e. The Morgan fingerprint density at radius 1 is 0.774 bits per heavy atom. The Labute approximate surface area is 185 Å². The number of rotatable bonds is 6. The molecule has 5 heteroatoms. The van der Waals surface area contributed by atoms with Gasteiger partial charge in [-0.25, -0.2) is 0 Å². The van der Waals surface area contributed by atoms with Crippen LogP contribution in [-0.4, -0.2) is 46.1 Å². The van der Waals surface area contributed by atoms with E-state index >= 15 is 0 Å². The highest BCUT2D eigenvalue weighted by Crippen LogP contribution is 2.39. The van der Waals surface area contributed by atoms with E-state index < -0.39 is 0 Å². The molecule has 1 spiro atoms. The van der Waals surface area contributed by atoms with E-state index in [9.17, 15) is 0 Å². The van der Waals surface area contributed by atoms with Crippen LogP contribution in [-0.2, 0) is 19.5 Å². The number of aromatic nitrogens is 2. The first kappa shape index (κ1) is 20.4. The molecule has 2 aromatic carbocycles. The van der Waals surface area contributed by atoms with Crippen LogP contribution in [0.5, 0.6) is 0 Å². The molecule has 0 radical (unpaired) electrons. The second-order valence-electron chi connectivity index (χ2n) is 9.38. The summed E-state index contributed by atoms with van der Waals surface area (Å²) in [7, 11) is 0. The van der Waals surface area contributed by atoms with Gasteiger partial charge in [0.15, 0.2) is 5.82 Å². The average Bonchev–Trinajstić information content (AvgIpc) is 3.22. The van der Waals surface area contributed by atoms with Crippen molar-refractivity contribution in [3.63, 3.8) is 0 Å². The average molecular weight is 417 g/mol. The van der Waals surface area contributed by atoms with Crippen LogP contribution < -0.4 is 0 Å². The highest BCUT2D eigenvalue weighted by molar-refractivity contribution is 5.18. The molecular formula is C26H32N4O. The van der Waals surface area contributed by atoms with E-state index in [0.717, 1.165) is 44.3 Å². The first-order valence-corrected chi connectivity index (χ1v) is 11.6. The fourth-order valence-corrected chi connectivity index (χ4v) is 5.46. The lowest BCUT2D eigenvalue weighted by Gasteiger charge is -2.48. The summed E-state index contributed by atoms with van der Waals surface area (Å²) >= 11 is 0. The molecule has 2 fully saturated rings. The third-order valence-electron chi connectivity index (χ3n) is 6.80. The van der Waals surface area contributed by atoms with E-state index in [1.54, 1.807) is 0 Å².